The van der Waals surface area contributed by atoms with Crippen LogP contribution in [-0.2, 0) is 4.74 Å². The topological polar surface area (TPSA) is 47.6 Å². The van der Waals surface area contributed by atoms with Gasteiger partial charge in [-0.15, -0.1) is 0 Å². The third kappa shape index (κ3) is 1.58. The molecule has 74 valence electrons. The summed E-state index contributed by atoms with van der Waals surface area (Å²) in [6, 6.07) is 6.63. The smallest absolute Gasteiger partial charge is 0.282 e. The summed E-state index contributed by atoms with van der Waals surface area (Å²) in [5, 5.41) is 0. The Balaban J connectivity index is 2.28. The van der Waals surface area contributed by atoms with E-state index in [0.29, 0.717) is 12.6 Å². The van der Waals surface area contributed by atoms with E-state index in [1.54, 1.807) is 0 Å². The van der Waals surface area contributed by atoms with E-state index in [0.717, 1.165) is 0 Å². The van der Waals surface area contributed by atoms with Crippen LogP contribution >= 0.6 is 0 Å². The lowest BCUT2D eigenvalue weighted by molar-refractivity contribution is 0.225. The van der Waals surface area contributed by atoms with Gasteiger partial charge < -0.3 is 10.5 Å². The van der Waals surface area contributed by atoms with Gasteiger partial charge >= 0.3 is 0 Å². The Morgan fingerprint density at radius 1 is 1.43 bits per heavy atom. The molecular formula is C11H14N2O. The van der Waals surface area contributed by atoms with Crippen LogP contribution in [0.1, 0.15) is 22.8 Å². The lowest BCUT2D eigenvalue weighted by Gasteiger charge is -2.13. The van der Waals surface area contributed by atoms with Crippen molar-refractivity contribution in [1.82, 2.24) is 0 Å². The van der Waals surface area contributed by atoms with Gasteiger partial charge in [-0.2, -0.15) is 0 Å². The molecule has 1 aromatic carbocycles. The zero-order chi connectivity index (χ0) is 10.1. The summed E-state index contributed by atoms with van der Waals surface area (Å²) in [6.07, 6.45) is 0.00917. The highest BCUT2D eigenvalue weighted by Crippen LogP contribution is 2.25. The van der Waals surface area contributed by atoms with E-state index in [2.05, 4.69) is 37.0 Å². The van der Waals surface area contributed by atoms with Crippen molar-refractivity contribution in [3.8, 4) is 0 Å². The van der Waals surface area contributed by atoms with Gasteiger partial charge in [-0.3, -0.25) is 0 Å². The van der Waals surface area contributed by atoms with Crippen molar-refractivity contribution in [2.75, 3.05) is 6.54 Å². The fraction of sp³-hybridized carbons (Fsp3) is 0.364. The summed E-state index contributed by atoms with van der Waals surface area (Å²) in [6.45, 7) is 4.78. The number of aryl methyl sites for hydroxylation is 2. The standard InChI is InChI=1S/C11H14N2O/c1-7-3-4-8(2)9(5-7)10-6-13-11(12)14-10/h3-5,10H,6H2,1-2H3,(H2,12,13). The summed E-state index contributed by atoms with van der Waals surface area (Å²) in [5.41, 5.74) is 9.13. The van der Waals surface area contributed by atoms with Gasteiger partial charge in [-0.05, 0) is 25.0 Å². The third-order valence-electron chi connectivity index (χ3n) is 2.46. The Bertz CT molecular complexity index is 385. The number of aliphatic imine (C=N–C) groups is 1. The van der Waals surface area contributed by atoms with Gasteiger partial charge in [0.2, 0.25) is 0 Å². The first-order valence-corrected chi connectivity index (χ1v) is 4.70. The van der Waals surface area contributed by atoms with Crippen LogP contribution < -0.4 is 5.73 Å². The number of nitrogens with two attached hydrogens (primary N) is 1. The van der Waals surface area contributed by atoms with Gasteiger partial charge in [0.1, 0.15) is 6.10 Å². The van der Waals surface area contributed by atoms with E-state index in [1.165, 1.54) is 16.7 Å². The molecule has 1 heterocycles. The van der Waals surface area contributed by atoms with E-state index < -0.39 is 0 Å². The number of nitrogens with zero attached hydrogens (tertiary/aromatic N) is 1. The molecule has 1 aromatic rings. The molecule has 2 N–H and O–H groups in total. The molecule has 1 aliphatic rings. The Labute approximate surface area is 83.6 Å². The molecule has 0 saturated carbocycles. The van der Waals surface area contributed by atoms with E-state index >= 15 is 0 Å². The molecule has 0 spiro atoms. The number of ether oxygens (including phenoxy) is 1. The van der Waals surface area contributed by atoms with Crippen LogP contribution in [0.4, 0.5) is 0 Å². The van der Waals surface area contributed by atoms with Gasteiger partial charge in [0.25, 0.3) is 6.02 Å². The second-order valence-corrected chi connectivity index (χ2v) is 3.65. The highest BCUT2D eigenvalue weighted by molar-refractivity contribution is 5.73. The van der Waals surface area contributed by atoms with E-state index in [1.807, 2.05) is 0 Å². The molecule has 0 fully saturated rings. The maximum absolute atomic E-state index is 5.48. The van der Waals surface area contributed by atoms with Crippen molar-refractivity contribution in [3.63, 3.8) is 0 Å². The predicted octanol–water partition coefficient (Wildman–Crippen LogP) is 1.69. The number of rotatable bonds is 1. The average molecular weight is 190 g/mol. The highest BCUT2D eigenvalue weighted by atomic mass is 16.5. The quantitative estimate of drug-likeness (QED) is 0.732. The maximum Gasteiger partial charge on any atom is 0.282 e. The fourth-order valence-corrected chi connectivity index (χ4v) is 1.66. The number of hydrogen-bond acceptors (Lipinski definition) is 3. The lowest BCUT2D eigenvalue weighted by Crippen LogP contribution is -2.13. The van der Waals surface area contributed by atoms with Crippen molar-refractivity contribution in [2.45, 2.75) is 20.0 Å². The molecular weight excluding hydrogens is 176 g/mol. The van der Waals surface area contributed by atoms with E-state index in [4.69, 9.17) is 10.5 Å². The second-order valence-electron chi connectivity index (χ2n) is 3.65. The minimum Gasteiger partial charge on any atom is -0.455 e. The Morgan fingerprint density at radius 3 is 2.86 bits per heavy atom. The fourth-order valence-electron chi connectivity index (χ4n) is 1.66. The summed E-state index contributed by atoms with van der Waals surface area (Å²) in [5.74, 6) is 0. The molecule has 0 aromatic heterocycles. The monoisotopic (exact) mass is 190 g/mol. The average Bonchev–Trinajstić information content (AvgIpc) is 2.56. The summed E-state index contributed by atoms with van der Waals surface area (Å²) >= 11 is 0. The molecule has 0 saturated heterocycles. The first-order valence-electron chi connectivity index (χ1n) is 4.70. The number of benzene rings is 1. The second kappa shape index (κ2) is 3.33. The van der Waals surface area contributed by atoms with Crippen LogP contribution in [0.3, 0.4) is 0 Å². The van der Waals surface area contributed by atoms with Crippen LogP contribution in [-0.4, -0.2) is 12.6 Å². The summed E-state index contributed by atoms with van der Waals surface area (Å²) in [7, 11) is 0. The first-order chi connectivity index (χ1) is 6.66. The molecule has 0 amide bonds. The summed E-state index contributed by atoms with van der Waals surface area (Å²) in [4.78, 5) is 4.04. The van der Waals surface area contributed by atoms with Crippen molar-refractivity contribution in [1.29, 1.82) is 0 Å². The van der Waals surface area contributed by atoms with Crippen molar-refractivity contribution in [3.05, 3.63) is 34.9 Å². The van der Waals surface area contributed by atoms with E-state index in [-0.39, 0.29) is 6.10 Å². The van der Waals surface area contributed by atoms with Gasteiger partial charge in [0.15, 0.2) is 0 Å². The molecule has 1 unspecified atom stereocenters. The molecule has 14 heavy (non-hydrogen) atoms. The Hall–Kier alpha value is -1.51. The van der Waals surface area contributed by atoms with Crippen molar-refractivity contribution < 1.29 is 4.74 Å². The summed E-state index contributed by atoms with van der Waals surface area (Å²) < 4.78 is 5.41. The molecule has 1 atom stereocenters. The van der Waals surface area contributed by atoms with Gasteiger partial charge in [-0.25, -0.2) is 4.99 Å². The normalized spacial score (nSPS) is 20.4. The van der Waals surface area contributed by atoms with Crippen LogP contribution in [0.2, 0.25) is 0 Å². The van der Waals surface area contributed by atoms with Crippen molar-refractivity contribution in [2.24, 2.45) is 10.7 Å². The third-order valence-corrected chi connectivity index (χ3v) is 2.46. The largest absolute Gasteiger partial charge is 0.455 e. The number of hydrogen-bond donors (Lipinski definition) is 1. The Morgan fingerprint density at radius 2 is 2.21 bits per heavy atom. The van der Waals surface area contributed by atoms with Gasteiger partial charge in [-0.1, -0.05) is 23.8 Å². The molecule has 3 nitrogen and oxygen atoms in total. The minimum atomic E-state index is 0.00917. The maximum atomic E-state index is 5.48. The minimum absolute atomic E-state index is 0.00917. The zero-order valence-corrected chi connectivity index (χ0v) is 8.45. The molecule has 2 rings (SSSR count). The molecule has 3 heteroatoms. The Kier molecular flexibility index (Phi) is 2.15. The predicted molar refractivity (Wildman–Crippen MR) is 56.2 cm³/mol. The van der Waals surface area contributed by atoms with Gasteiger partial charge in [0, 0.05) is 0 Å². The van der Waals surface area contributed by atoms with Crippen LogP contribution in [0, 0.1) is 13.8 Å². The molecule has 0 aliphatic carbocycles. The van der Waals surface area contributed by atoms with Crippen LogP contribution in [0.15, 0.2) is 23.2 Å². The van der Waals surface area contributed by atoms with Crippen molar-refractivity contribution >= 4 is 6.02 Å². The van der Waals surface area contributed by atoms with Crippen LogP contribution in [0.5, 0.6) is 0 Å². The highest BCUT2D eigenvalue weighted by Gasteiger charge is 2.21. The first kappa shape index (κ1) is 9.06. The molecule has 0 radical (unpaired) electrons. The molecule has 0 bridgehead atoms. The van der Waals surface area contributed by atoms with Gasteiger partial charge in [0.05, 0.1) is 6.54 Å². The van der Waals surface area contributed by atoms with E-state index in [9.17, 15) is 0 Å². The number of amidine groups is 1. The SMILES string of the molecule is Cc1ccc(C)c(C2CN=C(N)O2)c1. The van der Waals surface area contributed by atoms with Crippen LogP contribution in [0.25, 0.3) is 0 Å². The lowest BCUT2D eigenvalue weighted by atomic mass is 10.0. The molecule has 1 aliphatic heterocycles. The zero-order valence-electron chi connectivity index (χ0n) is 8.45.